The summed E-state index contributed by atoms with van der Waals surface area (Å²) in [4.78, 5) is 18.0. The van der Waals surface area contributed by atoms with Gasteiger partial charge in [0.25, 0.3) is 0 Å². The molecule has 2 saturated heterocycles. The highest BCUT2D eigenvalue weighted by molar-refractivity contribution is 5.94. The summed E-state index contributed by atoms with van der Waals surface area (Å²) in [6.07, 6.45) is 1.20. The number of aromatic nitrogens is 4. The zero-order chi connectivity index (χ0) is 23.7. The maximum absolute atomic E-state index is 13.8. The van der Waals surface area contributed by atoms with Crippen LogP contribution in [-0.4, -0.2) is 52.2 Å². The zero-order valence-electron chi connectivity index (χ0n) is 18.5. The minimum Gasteiger partial charge on any atom is -0.356 e. The number of anilines is 2. The number of alkyl halides is 3. The van der Waals surface area contributed by atoms with Crippen LogP contribution in [0.3, 0.4) is 0 Å². The highest BCUT2D eigenvalue weighted by atomic mass is 19.4. The first-order chi connectivity index (χ1) is 16.4. The Bertz CT molecular complexity index is 1200. The Kier molecular flexibility index (Phi) is 6.00. The second kappa shape index (κ2) is 9.10. The molecule has 5 heterocycles. The summed E-state index contributed by atoms with van der Waals surface area (Å²) in [5, 5.41) is 16.1. The highest BCUT2D eigenvalue weighted by Crippen LogP contribution is 2.39. The molecular weight excluding hydrogens is 445 g/mol. The van der Waals surface area contributed by atoms with Crippen molar-refractivity contribution >= 4 is 22.8 Å². The number of halogens is 3. The Morgan fingerprint density at radius 3 is 2.68 bits per heavy atom. The van der Waals surface area contributed by atoms with Crippen LogP contribution in [0, 0.1) is 17.2 Å². The summed E-state index contributed by atoms with van der Waals surface area (Å²) in [6, 6.07) is 5.97. The maximum Gasteiger partial charge on any atom is 0.419 e. The number of pyridine rings is 1. The molecule has 0 radical (unpaired) electrons. The number of H-pyrrole nitrogens is 1. The fraction of sp³-hybridized carbons (Fsp3) is 0.478. The number of nitrogens with zero attached hydrogens (tertiary/aromatic N) is 5. The normalized spacial score (nSPS) is 19.8. The Hall–Kier alpha value is -3.39. The third-order valence-electron chi connectivity index (χ3n) is 6.50. The molecule has 8 nitrogen and oxygen atoms in total. The Balaban J connectivity index is 1.48. The predicted molar refractivity (Wildman–Crippen MR) is 122 cm³/mol. The molecule has 5 rings (SSSR count). The number of hydrogen-bond acceptors (Lipinski definition) is 7. The van der Waals surface area contributed by atoms with Gasteiger partial charge in [0.05, 0.1) is 11.8 Å². The van der Waals surface area contributed by atoms with Gasteiger partial charge in [0.2, 0.25) is 5.95 Å². The molecule has 11 heteroatoms. The number of aromatic amines is 1. The summed E-state index contributed by atoms with van der Waals surface area (Å²) < 4.78 is 41.5. The molecule has 0 unspecified atom stereocenters. The van der Waals surface area contributed by atoms with Gasteiger partial charge in [-0.3, -0.25) is 0 Å². The Labute approximate surface area is 194 Å². The van der Waals surface area contributed by atoms with Gasteiger partial charge in [-0.25, -0.2) is 15.0 Å². The third-order valence-corrected chi connectivity index (χ3v) is 6.50. The second-order valence-corrected chi connectivity index (χ2v) is 8.80. The van der Waals surface area contributed by atoms with Gasteiger partial charge in [0.1, 0.15) is 17.0 Å². The molecule has 2 aliphatic rings. The molecule has 2 aliphatic heterocycles. The second-order valence-electron chi connectivity index (χ2n) is 8.80. The zero-order valence-corrected chi connectivity index (χ0v) is 18.5. The monoisotopic (exact) mass is 470 g/mol. The molecule has 3 N–H and O–H groups in total. The molecular formula is C23H25F3N8. The van der Waals surface area contributed by atoms with E-state index in [-0.39, 0.29) is 23.6 Å². The average molecular weight is 471 g/mol. The lowest BCUT2D eigenvalue weighted by Gasteiger charge is -2.30. The first-order valence-corrected chi connectivity index (χ1v) is 11.5. The van der Waals surface area contributed by atoms with Crippen LogP contribution in [0.5, 0.6) is 0 Å². The van der Waals surface area contributed by atoms with Crippen molar-refractivity contribution in [2.75, 3.05) is 36.4 Å². The van der Waals surface area contributed by atoms with Crippen LogP contribution in [0.15, 0.2) is 24.5 Å². The minimum absolute atomic E-state index is 0.0582. The van der Waals surface area contributed by atoms with Crippen LogP contribution in [0.2, 0.25) is 0 Å². The van der Waals surface area contributed by atoms with Gasteiger partial charge in [-0.15, -0.1) is 0 Å². The Morgan fingerprint density at radius 2 is 1.97 bits per heavy atom. The topological polar surface area (TPSA) is 106 Å². The summed E-state index contributed by atoms with van der Waals surface area (Å²) in [7, 11) is 0. The van der Waals surface area contributed by atoms with E-state index in [0.29, 0.717) is 23.1 Å². The van der Waals surface area contributed by atoms with Crippen molar-refractivity contribution in [3.63, 3.8) is 0 Å². The number of rotatable bonds is 4. The van der Waals surface area contributed by atoms with Crippen molar-refractivity contribution in [2.45, 2.75) is 37.9 Å². The van der Waals surface area contributed by atoms with Crippen molar-refractivity contribution < 1.29 is 13.2 Å². The number of hydrogen-bond donors (Lipinski definition) is 3. The van der Waals surface area contributed by atoms with Gasteiger partial charge in [0, 0.05) is 54.9 Å². The fourth-order valence-electron chi connectivity index (χ4n) is 4.63. The van der Waals surface area contributed by atoms with E-state index in [1.54, 1.807) is 6.07 Å². The van der Waals surface area contributed by atoms with Gasteiger partial charge < -0.3 is 20.5 Å². The van der Waals surface area contributed by atoms with Crippen molar-refractivity contribution in [2.24, 2.45) is 5.92 Å². The van der Waals surface area contributed by atoms with Gasteiger partial charge in [-0.2, -0.15) is 18.4 Å². The number of nitriles is 1. The number of fused-ring (bicyclic) bond motifs is 1. The van der Waals surface area contributed by atoms with Crippen LogP contribution in [0.25, 0.3) is 22.3 Å². The third kappa shape index (κ3) is 4.50. The number of piperidine rings is 2. The van der Waals surface area contributed by atoms with Crippen LogP contribution < -0.4 is 15.5 Å². The van der Waals surface area contributed by atoms with Gasteiger partial charge >= 0.3 is 6.18 Å². The standard InChI is InChI=1S/C23H25F3N8/c24-23(25,26)18-13-30-22(31-15-2-1-7-28-11-15)33-20(18)17-12-29-21-16(17)3-4-19(32-21)34-8-5-14(10-27)6-9-34/h3-4,12-15,28H,1-2,5-9,11H2,(H,29,32)(H,30,31,33)/t15-/m0/s1. The molecule has 0 saturated carbocycles. The van der Waals surface area contributed by atoms with Gasteiger partial charge in [0.15, 0.2) is 0 Å². The summed E-state index contributed by atoms with van der Waals surface area (Å²) in [5.41, 5.74) is -0.239. The van der Waals surface area contributed by atoms with E-state index in [9.17, 15) is 13.2 Å². The van der Waals surface area contributed by atoms with Crippen LogP contribution in [-0.2, 0) is 6.18 Å². The lowest BCUT2D eigenvalue weighted by Crippen LogP contribution is -2.38. The van der Waals surface area contributed by atoms with Crippen molar-refractivity contribution in [3.8, 4) is 17.3 Å². The minimum atomic E-state index is -4.59. The molecule has 0 bridgehead atoms. The van der Waals surface area contributed by atoms with Crippen molar-refractivity contribution in [1.29, 1.82) is 5.26 Å². The van der Waals surface area contributed by atoms with E-state index in [4.69, 9.17) is 5.26 Å². The van der Waals surface area contributed by atoms with E-state index < -0.39 is 11.7 Å². The first kappa shape index (κ1) is 22.4. The van der Waals surface area contributed by atoms with Crippen molar-refractivity contribution in [1.82, 2.24) is 25.3 Å². The summed E-state index contributed by atoms with van der Waals surface area (Å²) >= 11 is 0. The summed E-state index contributed by atoms with van der Waals surface area (Å²) in [5.74, 6) is 0.974. The van der Waals surface area contributed by atoms with E-state index in [1.807, 2.05) is 6.07 Å². The van der Waals surface area contributed by atoms with E-state index >= 15 is 0 Å². The van der Waals surface area contributed by atoms with Crippen molar-refractivity contribution in [3.05, 3.63) is 30.1 Å². The average Bonchev–Trinajstić information content (AvgIpc) is 3.27. The maximum atomic E-state index is 13.8. The van der Waals surface area contributed by atoms with E-state index in [2.05, 4.69) is 41.5 Å². The fourth-order valence-corrected chi connectivity index (χ4v) is 4.63. The lowest BCUT2D eigenvalue weighted by molar-refractivity contribution is -0.137. The predicted octanol–water partition coefficient (Wildman–Crippen LogP) is 3.94. The molecule has 2 fully saturated rings. The highest BCUT2D eigenvalue weighted by Gasteiger charge is 2.36. The first-order valence-electron chi connectivity index (χ1n) is 11.5. The van der Waals surface area contributed by atoms with Gasteiger partial charge in [-0.05, 0) is 44.4 Å². The SMILES string of the molecule is N#CC1CCN(c2ccc3c(-c4nc(N[C@H]5CCCNC5)ncc4C(F)(F)F)c[nH]c3n2)CC1. The number of nitrogens with one attached hydrogen (secondary N) is 3. The van der Waals surface area contributed by atoms with E-state index in [1.165, 1.54) is 6.20 Å². The molecule has 0 spiro atoms. The van der Waals surface area contributed by atoms with Crippen LogP contribution in [0.4, 0.5) is 24.9 Å². The quantitative estimate of drug-likeness (QED) is 0.530. The molecule has 34 heavy (non-hydrogen) atoms. The molecule has 1 atom stereocenters. The molecule has 178 valence electrons. The smallest absolute Gasteiger partial charge is 0.356 e. The van der Waals surface area contributed by atoms with Crippen LogP contribution in [0.1, 0.15) is 31.2 Å². The Morgan fingerprint density at radius 1 is 1.15 bits per heavy atom. The molecule has 0 aromatic carbocycles. The van der Waals surface area contributed by atoms with Crippen LogP contribution >= 0.6 is 0 Å². The van der Waals surface area contributed by atoms with Gasteiger partial charge in [-0.1, -0.05) is 0 Å². The summed E-state index contributed by atoms with van der Waals surface area (Å²) in [6.45, 7) is 3.09. The lowest BCUT2D eigenvalue weighted by atomic mass is 9.98. The molecule has 0 amide bonds. The molecule has 0 aliphatic carbocycles. The molecule has 3 aromatic heterocycles. The van der Waals surface area contributed by atoms with E-state index in [0.717, 1.165) is 57.3 Å². The molecule has 3 aromatic rings. The largest absolute Gasteiger partial charge is 0.419 e.